The largest absolute Gasteiger partial charge is 0.314 e. The normalized spacial score (nSPS) is 12.3. The quantitative estimate of drug-likeness (QED) is 0.381. The Bertz CT molecular complexity index is 255. The molecular formula is C5H9N5OP+. The number of rotatable bonds is 4. The number of nitrogens with zero attached hydrogens (tertiary/aromatic N) is 5. The van der Waals surface area contributed by atoms with Crippen molar-refractivity contribution in [2.75, 3.05) is 19.8 Å². The van der Waals surface area contributed by atoms with Crippen molar-refractivity contribution in [3.05, 3.63) is 17.7 Å². The van der Waals surface area contributed by atoms with Crippen LogP contribution in [0.5, 0.6) is 0 Å². The zero-order valence-corrected chi connectivity index (χ0v) is 7.64. The summed E-state index contributed by atoms with van der Waals surface area (Å²) in [6, 6.07) is 0. The van der Waals surface area contributed by atoms with Gasteiger partial charge in [-0.2, -0.15) is 0 Å². The number of tetrazole rings is 1. The Hall–Kier alpha value is -1.05. The molecule has 7 heteroatoms. The van der Waals surface area contributed by atoms with Crippen molar-refractivity contribution in [1.82, 2.24) is 20.0 Å². The fraction of sp³-hybridized carbons (Fsp3) is 0.600. The lowest BCUT2D eigenvalue weighted by molar-refractivity contribution is 0.365. The molecular weight excluding hydrogens is 177 g/mol. The SMILES string of the molecule is [C-]#[N+]CCO[PH+](C)n1ncnn1. The van der Waals surface area contributed by atoms with Gasteiger partial charge >= 0.3 is 0 Å². The predicted molar refractivity (Wildman–Crippen MR) is 44.9 cm³/mol. The molecule has 0 aliphatic carbocycles. The molecule has 1 rings (SSSR count). The van der Waals surface area contributed by atoms with E-state index in [0.717, 1.165) is 0 Å². The molecule has 0 fully saturated rings. The molecule has 6 nitrogen and oxygen atoms in total. The Morgan fingerprint density at radius 2 is 2.58 bits per heavy atom. The predicted octanol–water partition coefficient (Wildman–Crippen LogP) is 0.131. The summed E-state index contributed by atoms with van der Waals surface area (Å²) in [6.07, 6.45) is 1.37. The summed E-state index contributed by atoms with van der Waals surface area (Å²) < 4.78 is 6.77. The molecule has 0 aliphatic heterocycles. The topological polar surface area (TPSA) is 57.2 Å². The molecule has 0 spiro atoms. The minimum absolute atomic E-state index is 0.386. The van der Waals surface area contributed by atoms with Crippen LogP contribution in [0, 0.1) is 6.57 Å². The van der Waals surface area contributed by atoms with E-state index in [2.05, 4.69) is 20.3 Å². The first-order valence-electron chi connectivity index (χ1n) is 3.37. The van der Waals surface area contributed by atoms with Gasteiger partial charge in [-0.3, -0.25) is 0 Å². The summed E-state index contributed by atoms with van der Waals surface area (Å²) in [6.45, 7) is 9.25. The number of hydrogen-bond acceptors (Lipinski definition) is 4. The fourth-order valence-electron chi connectivity index (χ4n) is 0.608. The van der Waals surface area contributed by atoms with E-state index < -0.39 is 8.30 Å². The summed E-state index contributed by atoms with van der Waals surface area (Å²) in [4.78, 5) is 3.16. The lowest BCUT2D eigenvalue weighted by Gasteiger charge is -1.97. The second-order valence-electron chi connectivity index (χ2n) is 1.97. The van der Waals surface area contributed by atoms with Gasteiger partial charge in [-0.05, 0) is 9.78 Å². The lowest BCUT2D eigenvalue weighted by atomic mass is 10.7. The van der Waals surface area contributed by atoms with Crippen LogP contribution in [-0.2, 0) is 4.52 Å². The second kappa shape index (κ2) is 4.75. The van der Waals surface area contributed by atoms with Crippen molar-refractivity contribution in [3.63, 3.8) is 0 Å². The van der Waals surface area contributed by atoms with Gasteiger partial charge in [0.2, 0.25) is 6.54 Å². The summed E-state index contributed by atoms with van der Waals surface area (Å²) in [5.41, 5.74) is 0. The van der Waals surface area contributed by atoms with E-state index in [1.54, 1.807) is 0 Å². The van der Waals surface area contributed by atoms with E-state index in [0.29, 0.717) is 13.2 Å². The van der Waals surface area contributed by atoms with Crippen LogP contribution in [-0.4, -0.2) is 39.8 Å². The Labute approximate surface area is 71.2 Å². The maximum Gasteiger partial charge on any atom is 0.270 e. The molecule has 0 N–H and O–H groups in total. The fourth-order valence-corrected chi connectivity index (χ4v) is 1.50. The average Bonchev–Trinajstić information content (AvgIpc) is 2.56. The third-order valence-corrected chi connectivity index (χ3v) is 2.53. The van der Waals surface area contributed by atoms with E-state index in [4.69, 9.17) is 11.1 Å². The van der Waals surface area contributed by atoms with E-state index in [1.165, 1.54) is 10.9 Å². The Morgan fingerprint density at radius 1 is 1.75 bits per heavy atom. The first kappa shape index (κ1) is 9.04. The molecule has 1 unspecified atom stereocenters. The van der Waals surface area contributed by atoms with E-state index in [9.17, 15) is 0 Å². The Kier molecular flexibility index (Phi) is 3.58. The van der Waals surface area contributed by atoms with Gasteiger partial charge in [0.05, 0.1) is 6.66 Å². The zero-order valence-electron chi connectivity index (χ0n) is 6.64. The van der Waals surface area contributed by atoms with Gasteiger partial charge in [0, 0.05) is 0 Å². The molecule has 0 aliphatic rings. The average molecular weight is 186 g/mol. The molecule has 64 valence electrons. The van der Waals surface area contributed by atoms with Crippen molar-refractivity contribution >= 4 is 8.30 Å². The van der Waals surface area contributed by atoms with Crippen LogP contribution in [0.2, 0.25) is 0 Å². The van der Waals surface area contributed by atoms with E-state index in [1.807, 2.05) is 6.66 Å². The van der Waals surface area contributed by atoms with Gasteiger partial charge in [0.25, 0.3) is 8.30 Å². The first-order chi connectivity index (χ1) is 5.84. The van der Waals surface area contributed by atoms with Gasteiger partial charge in [-0.25, -0.2) is 11.1 Å². The van der Waals surface area contributed by atoms with Crippen molar-refractivity contribution in [2.45, 2.75) is 0 Å². The van der Waals surface area contributed by atoms with Crippen LogP contribution in [0.4, 0.5) is 0 Å². The smallest absolute Gasteiger partial charge is 0.270 e. The summed E-state index contributed by atoms with van der Waals surface area (Å²) in [7, 11) is -1.21. The first-order valence-corrected chi connectivity index (χ1v) is 5.23. The molecule has 1 heterocycles. The molecule has 1 atom stereocenters. The third kappa shape index (κ3) is 2.53. The van der Waals surface area contributed by atoms with Crippen molar-refractivity contribution < 1.29 is 4.52 Å². The van der Waals surface area contributed by atoms with E-state index >= 15 is 0 Å². The van der Waals surface area contributed by atoms with Crippen LogP contribution in [0.25, 0.3) is 4.85 Å². The Morgan fingerprint density at radius 3 is 3.17 bits per heavy atom. The van der Waals surface area contributed by atoms with Gasteiger partial charge < -0.3 is 4.85 Å². The second-order valence-corrected chi connectivity index (χ2v) is 3.70. The molecule has 0 bridgehead atoms. The number of hydrogen-bond donors (Lipinski definition) is 0. The molecule has 0 saturated heterocycles. The van der Waals surface area contributed by atoms with Crippen molar-refractivity contribution in [3.8, 4) is 0 Å². The van der Waals surface area contributed by atoms with Crippen molar-refractivity contribution in [1.29, 1.82) is 0 Å². The van der Waals surface area contributed by atoms with Crippen LogP contribution in [0.1, 0.15) is 0 Å². The maximum atomic E-state index is 6.53. The molecule has 0 amide bonds. The maximum absolute atomic E-state index is 6.53. The highest BCUT2D eigenvalue weighted by atomic mass is 31.2. The standard InChI is InChI=1S/C5H8N5OP/c1-6-3-4-11-12(2)10-8-5-7-9-10/h5H,3-4H2,2H3/p+1. The minimum Gasteiger partial charge on any atom is -0.314 e. The molecule has 12 heavy (non-hydrogen) atoms. The highest BCUT2D eigenvalue weighted by Crippen LogP contribution is 2.30. The van der Waals surface area contributed by atoms with Gasteiger partial charge in [0.1, 0.15) is 0 Å². The van der Waals surface area contributed by atoms with Gasteiger partial charge in [-0.1, -0.05) is 0 Å². The lowest BCUT2D eigenvalue weighted by Crippen LogP contribution is -2.01. The van der Waals surface area contributed by atoms with Crippen LogP contribution in [0.15, 0.2) is 6.33 Å². The van der Waals surface area contributed by atoms with Crippen molar-refractivity contribution in [2.24, 2.45) is 0 Å². The Balaban J connectivity index is 2.30. The van der Waals surface area contributed by atoms with Gasteiger partial charge in [0.15, 0.2) is 12.9 Å². The molecule has 1 aromatic heterocycles. The van der Waals surface area contributed by atoms with Crippen LogP contribution < -0.4 is 0 Å². The summed E-state index contributed by atoms with van der Waals surface area (Å²) in [5, 5.41) is 11.1. The monoisotopic (exact) mass is 186 g/mol. The summed E-state index contributed by atoms with van der Waals surface area (Å²) in [5.74, 6) is 0. The zero-order chi connectivity index (χ0) is 8.81. The van der Waals surface area contributed by atoms with Crippen LogP contribution >= 0.6 is 8.30 Å². The molecule has 0 radical (unpaired) electrons. The molecule has 1 aromatic rings. The van der Waals surface area contributed by atoms with E-state index in [-0.39, 0.29) is 0 Å². The highest BCUT2D eigenvalue weighted by Gasteiger charge is 2.14. The highest BCUT2D eigenvalue weighted by molar-refractivity contribution is 7.49. The van der Waals surface area contributed by atoms with Crippen LogP contribution in [0.3, 0.4) is 0 Å². The van der Waals surface area contributed by atoms with Gasteiger partial charge in [-0.15, -0.1) is 10.2 Å². The third-order valence-electron chi connectivity index (χ3n) is 1.14. The molecule has 0 aromatic carbocycles. The number of aromatic nitrogens is 4. The minimum atomic E-state index is -1.21. The molecule has 0 saturated carbocycles. The summed E-state index contributed by atoms with van der Waals surface area (Å²) >= 11 is 0.